The summed E-state index contributed by atoms with van der Waals surface area (Å²) >= 11 is 0. The molecule has 0 heterocycles. The number of hydrogen-bond acceptors (Lipinski definition) is 3. The summed E-state index contributed by atoms with van der Waals surface area (Å²) in [5.41, 5.74) is 3.57. The molecule has 0 aliphatic carbocycles. The van der Waals surface area contributed by atoms with Crippen LogP contribution in [-0.4, -0.2) is 10.8 Å². The van der Waals surface area contributed by atoms with Gasteiger partial charge in [-0.05, 0) is 36.0 Å². The fourth-order valence-corrected chi connectivity index (χ4v) is 2.94. The second kappa shape index (κ2) is 7.47. The van der Waals surface area contributed by atoms with E-state index in [4.69, 9.17) is 0 Å². The molecule has 0 radical (unpaired) electrons. The topological polar surface area (TPSA) is 72.2 Å². The van der Waals surface area contributed by atoms with E-state index in [0.29, 0.717) is 11.1 Å². The molecule has 2 rings (SSSR count). The summed E-state index contributed by atoms with van der Waals surface area (Å²) in [7, 11) is 0. The number of carbonyl (C=O) groups is 1. The number of nitrogens with one attached hydrogen (secondary N) is 1. The van der Waals surface area contributed by atoms with Gasteiger partial charge in [-0.25, -0.2) is 0 Å². The Morgan fingerprint density at radius 3 is 2.00 bits per heavy atom. The van der Waals surface area contributed by atoms with Gasteiger partial charge in [-0.2, -0.15) is 0 Å². The van der Waals surface area contributed by atoms with Crippen LogP contribution in [0.1, 0.15) is 66.6 Å². The molecule has 0 spiro atoms. The van der Waals surface area contributed by atoms with Gasteiger partial charge in [-0.1, -0.05) is 52.0 Å². The van der Waals surface area contributed by atoms with Crippen LogP contribution < -0.4 is 5.32 Å². The highest BCUT2D eigenvalue weighted by molar-refractivity contribution is 6.06. The lowest BCUT2D eigenvalue weighted by Crippen LogP contribution is -2.17. The number of hydrogen-bond donors (Lipinski definition) is 1. The van der Waals surface area contributed by atoms with Crippen molar-refractivity contribution >= 4 is 17.3 Å². The van der Waals surface area contributed by atoms with Gasteiger partial charge in [-0.3, -0.25) is 14.9 Å². The Labute approximate surface area is 148 Å². The van der Waals surface area contributed by atoms with E-state index in [1.54, 1.807) is 13.0 Å². The molecule has 5 nitrogen and oxygen atoms in total. The molecule has 0 aliphatic rings. The van der Waals surface area contributed by atoms with Crippen LogP contribution in [0, 0.1) is 17.0 Å². The van der Waals surface area contributed by atoms with Crippen LogP contribution in [0.2, 0.25) is 0 Å². The minimum atomic E-state index is -0.465. The maximum Gasteiger partial charge on any atom is 0.273 e. The lowest BCUT2D eigenvalue weighted by Gasteiger charge is -2.20. The fraction of sp³-hybridized carbons (Fsp3) is 0.350. The molecule has 1 amide bonds. The maximum atomic E-state index is 12.8. The molecule has 0 fully saturated rings. The van der Waals surface area contributed by atoms with Crippen LogP contribution in [0.15, 0.2) is 36.4 Å². The van der Waals surface area contributed by atoms with Crippen molar-refractivity contribution in [2.45, 2.75) is 46.5 Å². The summed E-state index contributed by atoms with van der Waals surface area (Å²) in [6.07, 6.45) is 0. The zero-order chi connectivity index (χ0) is 18.7. The predicted octanol–water partition coefficient (Wildman–Crippen LogP) is 5.40. The number of amides is 1. The Morgan fingerprint density at radius 1 is 1.00 bits per heavy atom. The summed E-state index contributed by atoms with van der Waals surface area (Å²) in [5.74, 6) is 0.177. The average Bonchev–Trinajstić information content (AvgIpc) is 2.54. The van der Waals surface area contributed by atoms with E-state index in [1.807, 2.05) is 18.2 Å². The van der Waals surface area contributed by atoms with Gasteiger partial charge in [0.2, 0.25) is 0 Å². The molecule has 1 N–H and O–H groups in total. The average molecular weight is 340 g/mol. The van der Waals surface area contributed by atoms with Crippen molar-refractivity contribution in [3.63, 3.8) is 0 Å². The molecule has 0 bridgehead atoms. The number of para-hydroxylation sites is 1. The van der Waals surface area contributed by atoms with Crippen molar-refractivity contribution in [2.75, 3.05) is 5.32 Å². The first-order valence-electron chi connectivity index (χ1n) is 8.42. The maximum absolute atomic E-state index is 12.8. The van der Waals surface area contributed by atoms with E-state index in [1.165, 1.54) is 12.1 Å². The SMILES string of the molecule is Cc1c(C(=O)Nc2c(C(C)C)cccc2C(C)C)cccc1[N+](=O)[O-]. The number of rotatable bonds is 5. The van der Waals surface area contributed by atoms with E-state index in [0.717, 1.165) is 16.8 Å². The molecule has 0 aliphatic heterocycles. The van der Waals surface area contributed by atoms with Crippen LogP contribution in [0.3, 0.4) is 0 Å². The molecule has 0 atom stereocenters. The van der Waals surface area contributed by atoms with Gasteiger partial charge in [0.25, 0.3) is 11.6 Å². The first kappa shape index (κ1) is 18.6. The third-order valence-electron chi connectivity index (χ3n) is 4.36. The number of carbonyl (C=O) groups excluding carboxylic acids is 1. The summed E-state index contributed by atoms with van der Waals surface area (Å²) in [6.45, 7) is 9.91. The van der Waals surface area contributed by atoms with Crippen LogP contribution in [0.25, 0.3) is 0 Å². The van der Waals surface area contributed by atoms with Crippen LogP contribution >= 0.6 is 0 Å². The van der Waals surface area contributed by atoms with E-state index in [-0.39, 0.29) is 23.4 Å². The van der Waals surface area contributed by atoms with Crippen molar-refractivity contribution in [2.24, 2.45) is 0 Å². The summed E-state index contributed by atoms with van der Waals surface area (Å²) < 4.78 is 0. The first-order valence-corrected chi connectivity index (χ1v) is 8.42. The number of anilines is 1. The second-order valence-corrected chi connectivity index (χ2v) is 6.78. The highest BCUT2D eigenvalue weighted by atomic mass is 16.6. The van der Waals surface area contributed by atoms with Crippen LogP contribution in [0.4, 0.5) is 11.4 Å². The lowest BCUT2D eigenvalue weighted by atomic mass is 9.92. The Kier molecular flexibility index (Phi) is 5.57. The highest BCUT2D eigenvalue weighted by Crippen LogP contribution is 2.33. The third kappa shape index (κ3) is 3.87. The second-order valence-electron chi connectivity index (χ2n) is 6.78. The van der Waals surface area contributed by atoms with Gasteiger partial charge in [0, 0.05) is 22.9 Å². The van der Waals surface area contributed by atoms with Gasteiger partial charge >= 0.3 is 0 Å². The molecule has 0 saturated carbocycles. The number of nitrogens with zero attached hydrogens (tertiary/aromatic N) is 1. The Hall–Kier alpha value is -2.69. The third-order valence-corrected chi connectivity index (χ3v) is 4.36. The molecular formula is C20H24N2O3. The number of benzene rings is 2. The summed E-state index contributed by atoms with van der Waals surface area (Å²) in [6, 6.07) is 10.6. The van der Waals surface area contributed by atoms with Gasteiger partial charge in [0.05, 0.1) is 4.92 Å². The lowest BCUT2D eigenvalue weighted by molar-refractivity contribution is -0.385. The van der Waals surface area contributed by atoms with E-state index in [9.17, 15) is 14.9 Å². The molecule has 0 unspecified atom stereocenters. The summed E-state index contributed by atoms with van der Waals surface area (Å²) in [5, 5.41) is 14.1. The van der Waals surface area contributed by atoms with Crippen molar-refractivity contribution < 1.29 is 9.72 Å². The zero-order valence-corrected chi connectivity index (χ0v) is 15.3. The quantitative estimate of drug-likeness (QED) is 0.585. The van der Waals surface area contributed by atoms with Crippen molar-refractivity contribution in [1.82, 2.24) is 0 Å². The minimum absolute atomic E-state index is 0.0473. The van der Waals surface area contributed by atoms with Crippen molar-refractivity contribution in [3.8, 4) is 0 Å². The van der Waals surface area contributed by atoms with Gasteiger partial charge < -0.3 is 5.32 Å². The number of nitro groups is 1. The van der Waals surface area contributed by atoms with Gasteiger partial charge in [0.1, 0.15) is 0 Å². The van der Waals surface area contributed by atoms with Crippen LogP contribution in [-0.2, 0) is 0 Å². The van der Waals surface area contributed by atoms with E-state index < -0.39 is 4.92 Å². The largest absolute Gasteiger partial charge is 0.321 e. The predicted molar refractivity (Wildman–Crippen MR) is 100 cm³/mol. The smallest absolute Gasteiger partial charge is 0.273 e. The van der Waals surface area contributed by atoms with Crippen molar-refractivity contribution in [1.29, 1.82) is 0 Å². The standard InChI is InChI=1S/C20H24N2O3/c1-12(2)15-8-6-9-16(13(3)4)19(15)21-20(23)17-10-7-11-18(14(17)5)22(24)25/h6-13H,1-5H3,(H,21,23). The molecule has 2 aromatic carbocycles. The Morgan fingerprint density at radius 2 is 1.52 bits per heavy atom. The molecule has 25 heavy (non-hydrogen) atoms. The fourth-order valence-electron chi connectivity index (χ4n) is 2.94. The Balaban J connectivity index is 2.49. The first-order chi connectivity index (χ1) is 11.7. The normalized spacial score (nSPS) is 11.0. The van der Waals surface area contributed by atoms with E-state index >= 15 is 0 Å². The van der Waals surface area contributed by atoms with Gasteiger partial charge in [-0.15, -0.1) is 0 Å². The van der Waals surface area contributed by atoms with E-state index in [2.05, 4.69) is 33.0 Å². The molecule has 5 heteroatoms. The molecular weight excluding hydrogens is 316 g/mol. The molecule has 0 aromatic heterocycles. The molecule has 132 valence electrons. The molecule has 2 aromatic rings. The monoisotopic (exact) mass is 340 g/mol. The highest BCUT2D eigenvalue weighted by Gasteiger charge is 2.21. The van der Waals surface area contributed by atoms with Gasteiger partial charge in [0.15, 0.2) is 0 Å². The number of nitro benzene ring substituents is 1. The Bertz CT molecular complexity index is 784. The van der Waals surface area contributed by atoms with Crippen LogP contribution in [0.5, 0.6) is 0 Å². The molecule has 0 saturated heterocycles. The summed E-state index contributed by atoms with van der Waals surface area (Å²) in [4.78, 5) is 23.5. The zero-order valence-electron chi connectivity index (χ0n) is 15.3. The minimum Gasteiger partial charge on any atom is -0.321 e. The van der Waals surface area contributed by atoms with Crippen molar-refractivity contribution in [3.05, 3.63) is 68.8 Å².